The van der Waals surface area contributed by atoms with Crippen LogP contribution in [-0.4, -0.2) is 5.88 Å². The van der Waals surface area contributed by atoms with Crippen molar-refractivity contribution in [2.24, 2.45) is 5.92 Å². The average molecular weight is 304 g/mol. The first-order valence-corrected chi connectivity index (χ1v) is 7.70. The van der Waals surface area contributed by atoms with E-state index in [2.05, 4.69) is 6.08 Å². The van der Waals surface area contributed by atoms with Gasteiger partial charge in [-0.2, -0.15) is 0 Å². The second kappa shape index (κ2) is 6.84. The van der Waals surface area contributed by atoms with Crippen LogP contribution in [0.25, 0.3) is 6.08 Å². The maximum Gasteiger partial charge on any atom is 0.0439 e. The van der Waals surface area contributed by atoms with E-state index in [1.54, 1.807) is 6.07 Å². The molecule has 0 saturated heterocycles. The summed E-state index contributed by atoms with van der Waals surface area (Å²) in [6, 6.07) is 5.62. The third kappa shape index (κ3) is 3.91. The van der Waals surface area contributed by atoms with Crippen LogP contribution in [0.15, 0.2) is 23.8 Å². The van der Waals surface area contributed by atoms with Gasteiger partial charge in [-0.1, -0.05) is 54.1 Å². The van der Waals surface area contributed by atoms with Gasteiger partial charge in [-0.05, 0) is 42.5 Å². The maximum absolute atomic E-state index is 6.10. The fourth-order valence-electron chi connectivity index (χ4n) is 2.61. The predicted molar refractivity (Wildman–Crippen MR) is 81.7 cm³/mol. The summed E-state index contributed by atoms with van der Waals surface area (Å²) in [6.07, 6.45) is 8.65. The van der Waals surface area contributed by atoms with Crippen molar-refractivity contribution in [3.63, 3.8) is 0 Å². The van der Waals surface area contributed by atoms with E-state index in [-0.39, 0.29) is 0 Å². The van der Waals surface area contributed by atoms with E-state index in [0.717, 1.165) is 5.56 Å². The standard InChI is InChI=1S/C15H17Cl3/c16-10-13(12-4-2-1-3-5-12)6-11-7-14(17)9-15(18)8-11/h6-9,12H,1-5,10H2. The molecule has 0 heterocycles. The third-order valence-electron chi connectivity index (χ3n) is 3.52. The monoisotopic (exact) mass is 302 g/mol. The maximum atomic E-state index is 6.10. The molecular weight excluding hydrogens is 287 g/mol. The number of halogens is 3. The van der Waals surface area contributed by atoms with Crippen LogP contribution in [0.2, 0.25) is 10.0 Å². The minimum Gasteiger partial charge on any atom is -0.122 e. The molecule has 0 bridgehead atoms. The fraction of sp³-hybridized carbons (Fsp3) is 0.467. The lowest BCUT2D eigenvalue weighted by Gasteiger charge is -2.23. The average Bonchev–Trinajstić information content (AvgIpc) is 2.36. The van der Waals surface area contributed by atoms with Crippen molar-refractivity contribution in [1.82, 2.24) is 0 Å². The van der Waals surface area contributed by atoms with Crippen LogP contribution in [-0.2, 0) is 0 Å². The second-order valence-corrected chi connectivity index (χ2v) is 6.03. The summed E-state index contributed by atoms with van der Waals surface area (Å²) in [7, 11) is 0. The highest BCUT2D eigenvalue weighted by atomic mass is 35.5. The highest BCUT2D eigenvalue weighted by molar-refractivity contribution is 6.34. The van der Waals surface area contributed by atoms with Crippen LogP contribution in [0.3, 0.4) is 0 Å². The molecule has 2 rings (SSSR count). The van der Waals surface area contributed by atoms with Crippen LogP contribution >= 0.6 is 34.8 Å². The molecule has 0 aliphatic heterocycles. The lowest BCUT2D eigenvalue weighted by atomic mass is 9.84. The lowest BCUT2D eigenvalue weighted by molar-refractivity contribution is 0.405. The molecule has 98 valence electrons. The van der Waals surface area contributed by atoms with Crippen molar-refractivity contribution in [1.29, 1.82) is 0 Å². The summed E-state index contributed by atoms with van der Waals surface area (Å²) in [5, 5.41) is 1.35. The Morgan fingerprint density at radius 3 is 2.22 bits per heavy atom. The van der Waals surface area contributed by atoms with Gasteiger partial charge >= 0.3 is 0 Å². The number of hydrogen-bond acceptors (Lipinski definition) is 0. The van der Waals surface area contributed by atoms with Gasteiger partial charge in [0.25, 0.3) is 0 Å². The molecule has 0 nitrogen and oxygen atoms in total. The lowest BCUT2D eigenvalue weighted by Crippen LogP contribution is -2.10. The Morgan fingerprint density at radius 1 is 1.06 bits per heavy atom. The number of rotatable bonds is 3. The molecule has 0 radical (unpaired) electrons. The van der Waals surface area contributed by atoms with Crippen molar-refractivity contribution >= 4 is 40.9 Å². The number of benzene rings is 1. The smallest absolute Gasteiger partial charge is 0.0439 e. The first-order chi connectivity index (χ1) is 8.69. The highest BCUT2D eigenvalue weighted by Crippen LogP contribution is 2.32. The zero-order valence-electron chi connectivity index (χ0n) is 10.3. The van der Waals surface area contributed by atoms with E-state index >= 15 is 0 Å². The normalized spacial score (nSPS) is 18.1. The van der Waals surface area contributed by atoms with Crippen molar-refractivity contribution < 1.29 is 0 Å². The Morgan fingerprint density at radius 2 is 1.67 bits per heavy atom. The van der Waals surface area contributed by atoms with Crippen LogP contribution in [0.4, 0.5) is 0 Å². The van der Waals surface area contributed by atoms with E-state index in [4.69, 9.17) is 34.8 Å². The Labute approximate surface area is 124 Å². The molecule has 1 saturated carbocycles. The van der Waals surface area contributed by atoms with Gasteiger partial charge in [0.2, 0.25) is 0 Å². The van der Waals surface area contributed by atoms with Gasteiger partial charge in [0, 0.05) is 15.9 Å². The highest BCUT2D eigenvalue weighted by Gasteiger charge is 2.17. The van der Waals surface area contributed by atoms with Crippen LogP contribution < -0.4 is 0 Å². The molecule has 1 aliphatic carbocycles. The zero-order chi connectivity index (χ0) is 13.0. The quantitative estimate of drug-likeness (QED) is 0.583. The summed E-state index contributed by atoms with van der Waals surface area (Å²) < 4.78 is 0. The molecule has 0 unspecified atom stereocenters. The molecule has 1 aromatic carbocycles. The molecule has 0 aromatic heterocycles. The Kier molecular flexibility index (Phi) is 5.41. The molecule has 0 atom stereocenters. The molecule has 3 heteroatoms. The molecular formula is C15H17Cl3. The molecule has 0 N–H and O–H groups in total. The van der Waals surface area contributed by atoms with Crippen molar-refractivity contribution in [3.8, 4) is 0 Å². The van der Waals surface area contributed by atoms with E-state index in [0.29, 0.717) is 21.8 Å². The largest absolute Gasteiger partial charge is 0.122 e. The van der Waals surface area contributed by atoms with Gasteiger partial charge in [0.05, 0.1) is 0 Å². The molecule has 0 amide bonds. The summed E-state index contributed by atoms with van der Waals surface area (Å²) in [5.74, 6) is 1.23. The number of hydrogen-bond donors (Lipinski definition) is 0. The number of alkyl halides is 1. The fourth-order valence-corrected chi connectivity index (χ4v) is 3.45. The second-order valence-electron chi connectivity index (χ2n) is 4.89. The van der Waals surface area contributed by atoms with Crippen LogP contribution in [0.5, 0.6) is 0 Å². The first-order valence-electron chi connectivity index (χ1n) is 6.41. The molecule has 0 spiro atoms. The SMILES string of the molecule is ClCC(=Cc1cc(Cl)cc(Cl)c1)C1CCCCC1. The van der Waals surface area contributed by atoms with Crippen LogP contribution in [0.1, 0.15) is 37.7 Å². The number of allylic oxidation sites excluding steroid dienone is 1. The van der Waals surface area contributed by atoms with Gasteiger partial charge in [-0.25, -0.2) is 0 Å². The minimum absolute atomic E-state index is 0.592. The Balaban J connectivity index is 2.22. The van der Waals surface area contributed by atoms with Gasteiger partial charge < -0.3 is 0 Å². The van der Waals surface area contributed by atoms with E-state index in [1.165, 1.54) is 37.7 Å². The van der Waals surface area contributed by atoms with Crippen molar-refractivity contribution in [2.45, 2.75) is 32.1 Å². The van der Waals surface area contributed by atoms with E-state index in [1.807, 2.05) is 12.1 Å². The predicted octanol–water partition coefficient (Wildman–Crippen LogP) is 6.20. The molecule has 18 heavy (non-hydrogen) atoms. The molecule has 1 aromatic rings. The summed E-state index contributed by atoms with van der Waals surface area (Å²) in [5.41, 5.74) is 2.36. The minimum atomic E-state index is 0.592. The Bertz CT molecular complexity index is 411. The van der Waals surface area contributed by atoms with Gasteiger partial charge in [-0.15, -0.1) is 11.6 Å². The van der Waals surface area contributed by atoms with E-state index < -0.39 is 0 Å². The summed E-state index contributed by atoms with van der Waals surface area (Å²) in [4.78, 5) is 0. The van der Waals surface area contributed by atoms with Gasteiger partial charge in [0.1, 0.15) is 0 Å². The van der Waals surface area contributed by atoms with Crippen LogP contribution in [0, 0.1) is 5.92 Å². The molecule has 1 fully saturated rings. The Hall–Kier alpha value is -0.170. The molecule has 1 aliphatic rings. The van der Waals surface area contributed by atoms with Gasteiger partial charge in [0.15, 0.2) is 0 Å². The third-order valence-corrected chi connectivity index (χ3v) is 4.27. The van der Waals surface area contributed by atoms with E-state index in [9.17, 15) is 0 Å². The zero-order valence-corrected chi connectivity index (χ0v) is 12.5. The summed E-state index contributed by atoms with van der Waals surface area (Å²) >= 11 is 18.1. The van der Waals surface area contributed by atoms with Crippen molar-refractivity contribution in [3.05, 3.63) is 39.4 Å². The van der Waals surface area contributed by atoms with Gasteiger partial charge in [-0.3, -0.25) is 0 Å². The topological polar surface area (TPSA) is 0 Å². The van der Waals surface area contributed by atoms with Crippen molar-refractivity contribution in [2.75, 3.05) is 5.88 Å². The first kappa shape index (κ1) is 14.2. The summed E-state index contributed by atoms with van der Waals surface area (Å²) in [6.45, 7) is 0.